The largest absolute Gasteiger partial charge is 0.349 e. The standard InChI is InChI=1S/C30H28N4O/c1-21-16-17-22(2)27(19-21)34-28(20-25(32-34)26-15-10-18-33(26)3)30(35)31-29(23-11-6-4-7-12-23)24-13-8-5-9-14-24/h4-20,29H,1-3H3,(H,31,35). The van der Waals surface area contributed by atoms with Crippen molar-refractivity contribution in [1.82, 2.24) is 19.7 Å². The Labute approximate surface area is 205 Å². The van der Waals surface area contributed by atoms with Gasteiger partial charge in [0, 0.05) is 13.2 Å². The first-order valence-electron chi connectivity index (χ1n) is 11.7. The Morgan fingerprint density at radius 3 is 2.09 bits per heavy atom. The lowest BCUT2D eigenvalue weighted by Crippen LogP contribution is -2.31. The zero-order chi connectivity index (χ0) is 24.4. The topological polar surface area (TPSA) is 51.9 Å². The molecule has 1 N–H and O–H groups in total. The van der Waals surface area contributed by atoms with Gasteiger partial charge in [-0.15, -0.1) is 0 Å². The molecule has 0 aliphatic carbocycles. The molecule has 2 heterocycles. The van der Waals surface area contributed by atoms with Gasteiger partial charge in [-0.3, -0.25) is 4.79 Å². The van der Waals surface area contributed by atoms with Crippen LogP contribution in [0.3, 0.4) is 0 Å². The number of hydrogen-bond donors (Lipinski definition) is 1. The van der Waals surface area contributed by atoms with Gasteiger partial charge >= 0.3 is 0 Å². The first-order valence-corrected chi connectivity index (χ1v) is 11.7. The lowest BCUT2D eigenvalue weighted by Gasteiger charge is -2.20. The fourth-order valence-corrected chi connectivity index (χ4v) is 4.38. The maximum Gasteiger partial charge on any atom is 0.270 e. The van der Waals surface area contributed by atoms with Crippen molar-refractivity contribution >= 4 is 5.91 Å². The molecule has 0 atom stereocenters. The van der Waals surface area contributed by atoms with Crippen LogP contribution in [-0.2, 0) is 7.05 Å². The highest BCUT2D eigenvalue weighted by atomic mass is 16.2. The van der Waals surface area contributed by atoms with Crippen LogP contribution in [0, 0.1) is 13.8 Å². The molecule has 3 aromatic carbocycles. The molecule has 5 aromatic rings. The summed E-state index contributed by atoms with van der Waals surface area (Å²) in [5.74, 6) is -0.184. The number of amides is 1. The Morgan fingerprint density at radius 1 is 0.829 bits per heavy atom. The number of aryl methyl sites for hydroxylation is 3. The zero-order valence-electron chi connectivity index (χ0n) is 20.1. The van der Waals surface area contributed by atoms with Gasteiger partial charge in [0.25, 0.3) is 5.91 Å². The number of benzene rings is 3. The number of carbonyl (C=O) groups is 1. The molecule has 5 heteroatoms. The zero-order valence-corrected chi connectivity index (χ0v) is 20.1. The molecule has 0 spiro atoms. The molecule has 5 rings (SSSR count). The average Bonchev–Trinajstić information content (AvgIpc) is 3.51. The van der Waals surface area contributed by atoms with Gasteiger partial charge in [-0.2, -0.15) is 5.10 Å². The molecule has 0 fully saturated rings. The summed E-state index contributed by atoms with van der Waals surface area (Å²) in [4.78, 5) is 13.9. The van der Waals surface area contributed by atoms with Crippen LogP contribution in [0.5, 0.6) is 0 Å². The van der Waals surface area contributed by atoms with Crippen LogP contribution in [0.2, 0.25) is 0 Å². The third-order valence-corrected chi connectivity index (χ3v) is 6.28. The Hall–Kier alpha value is -4.38. The summed E-state index contributed by atoms with van der Waals surface area (Å²) in [6, 6.07) is 31.9. The molecule has 0 saturated heterocycles. The normalized spacial score (nSPS) is 11.1. The van der Waals surface area contributed by atoms with E-state index in [0.717, 1.165) is 39.3 Å². The van der Waals surface area contributed by atoms with Crippen LogP contribution in [0.25, 0.3) is 17.1 Å². The quantitative estimate of drug-likeness (QED) is 0.337. The van der Waals surface area contributed by atoms with Gasteiger partial charge in [0.05, 0.1) is 17.4 Å². The fourth-order valence-electron chi connectivity index (χ4n) is 4.38. The molecule has 0 bridgehead atoms. The molecule has 2 aromatic heterocycles. The minimum Gasteiger partial charge on any atom is -0.349 e. The molecule has 35 heavy (non-hydrogen) atoms. The lowest BCUT2D eigenvalue weighted by molar-refractivity contribution is 0.0935. The predicted molar refractivity (Wildman–Crippen MR) is 140 cm³/mol. The van der Waals surface area contributed by atoms with Gasteiger partial charge in [-0.1, -0.05) is 72.8 Å². The van der Waals surface area contributed by atoms with Crippen LogP contribution in [0.1, 0.15) is 38.8 Å². The van der Waals surface area contributed by atoms with E-state index in [-0.39, 0.29) is 11.9 Å². The minimum atomic E-state index is -0.287. The molecule has 0 aliphatic rings. The van der Waals surface area contributed by atoms with Crippen LogP contribution in [0.4, 0.5) is 0 Å². The van der Waals surface area contributed by atoms with E-state index in [1.165, 1.54) is 0 Å². The molecular weight excluding hydrogens is 432 g/mol. The van der Waals surface area contributed by atoms with E-state index in [1.54, 1.807) is 4.68 Å². The molecule has 1 amide bonds. The van der Waals surface area contributed by atoms with Crippen molar-refractivity contribution in [2.45, 2.75) is 19.9 Å². The van der Waals surface area contributed by atoms with Gasteiger partial charge < -0.3 is 9.88 Å². The number of rotatable bonds is 6. The van der Waals surface area contributed by atoms with Crippen LogP contribution < -0.4 is 5.32 Å². The monoisotopic (exact) mass is 460 g/mol. The molecule has 0 aliphatic heterocycles. The number of nitrogens with one attached hydrogen (secondary N) is 1. The molecule has 5 nitrogen and oxygen atoms in total. The van der Waals surface area contributed by atoms with E-state index in [9.17, 15) is 4.79 Å². The van der Waals surface area contributed by atoms with E-state index in [0.29, 0.717) is 5.69 Å². The van der Waals surface area contributed by atoms with Gasteiger partial charge in [0.2, 0.25) is 0 Å². The van der Waals surface area contributed by atoms with E-state index < -0.39 is 0 Å². The van der Waals surface area contributed by atoms with Crippen molar-refractivity contribution in [3.05, 3.63) is 131 Å². The maximum absolute atomic E-state index is 13.9. The lowest BCUT2D eigenvalue weighted by atomic mass is 9.98. The Balaban J connectivity index is 1.61. The Bertz CT molecular complexity index is 1430. The van der Waals surface area contributed by atoms with E-state index >= 15 is 0 Å². The summed E-state index contributed by atoms with van der Waals surface area (Å²) >= 11 is 0. The highest BCUT2D eigenvalue weighted by molar-refractivity contribution is 5.95. The molecule has 0 radical (unpaired) electrons. The third-order valence-electron chi connectivity index (χ3n) is 6.28. The summed E-state index contributed by atoms with van der Waals surface area (Å²) in [5, 5.41) is 8.17. The fraction of sp³-hybridized carbons (Fsp3) is 0.133. The summed E-state index contributed by atoms with van der Waals surface area (Å²) < 4.78 is 3.78. The van der Waals surface area contributed by atoms with Gasteiger partial charge in [-0.25, -0.2) is 4.68 Å². The second kappa shape index (κ2) is 9.47. The van der Waals surface area contributed by atoms with Crippen LogP contribution in [0.15, 0.2) is 103 Å². The molecular formula is C30H28N4O. The van der Waals surface area contributed by atoms with Crippen molar-refractivity contribution in [2.75, 3.05) is 0 Å². The third kappa shape index (κ3) is 4.53. The molecule has 0 unspecified atom stereocenters. The van der Waals surface area contributed by atoms with Crippen molar-refractivity contribution in [2.24, 2.45) is 7.05 Å². The first-order chi connectivity index (χ1) is 17.0. The Morgan fingerprint density at radius 2 is 1.49 bits per heavy atom. The van der Waals surface area contributed by atoms with Crippen LogP contribution in [-0.4, -0.2) is 20.3 Å². The number of carbonyl (C=O) groups excluding carboxylic acids is 1. The summed E-state index contributed by atoms with van der Waals surface area (Å²) in [5.41, 5.74) is 7.29. The molecule has 174 valence electrons. The minimum absolute atomic E-state index is 0.184. The van der Waals surface area contributed by atoms with Crippen LogP contribution >= 0.6 is 0 Å². The number of nitrogens with zero attached hydrogens (tertiary/aromatic N) is 3. The number of hydrogen-bond acceptors (Lipinski definition) is 2. The van der Waals surface area contributed by atoms with E-state index in [2.05, 4.69) is 23.5 Å². The predicted octanol–water partition coefficient (Wildman–Crippen LogP) is 6.01. The summed E-state index contributed by atoms with van der Waals surface area (Å²) in [6.07, 6.45) is 1.98. The van der Waals surface area contributed by atoms with Gasteiger partial charge in [0.1, 0.15) is 11.4 Å². The number of aromatic nitrogens is 3. The van der Waals surface area contributed by atoms with Gasteiger partial charge in [0.15, 0.2) is 0 Å². The summed E-state index contributed by atoms with van der Waals surface area (Å²) in [6.45, 7) is 4.09. The highest BCUT2D eigenvalue weighted by Crippen LogP contribution is 2.26. The smallest absolute Gasteiger partial charge is 0.270 e. The second-order valence-corrected chi connectivity index (χ2v) is 8.85. The highest BCUT2D eigenvalue weighted by Gasteiger charge is 2.23. The summed E-state index contributed by atoms with van der Waals surface area (Å²) in [7, 11) is 1.98. The van der Waals surface area contributed by atoms with E-state index in [4.69, 9.17) is 5.10 Å². The average molecular weight is 461 g/mol. The van der Waals surface area contributed by atoms with Crippen molar-refractivity contribution in [1.29, 1.82) is 0 Å². The van der Waals surface area contributed by atoms with Crippen molar-refractivity contribution in [3.8, 4) is 17.1 Å². The second-order valence-electron chi connectivity index (χ2n) is 8.85. The van der Waals surface area contributed by atoms with E-state index in [1.807, 2.05) is 111 Å². The van der Waals surface area contributed by atoms with Crippen molar-refractivity contribution < 1.29 is 4.79 Å². The van der Waals surface area contributed by atoms with Gasteiger partial charge in [-0.05, 0) is 60.4 Å². The first kappa shape index (κ1) is 22.4. The maximum atomic E-state index is 13.9. The molecule has 0 saturated carbocycles. The van der Waals surface area contributed by atoms with Crippen molar-refractivity contribution in [3.63, 3.8) is 0 Å². The SMILES string of the molecule is Cc1ccc(C)c(-n2nc(-c3cccn3C)cc2C(=O)NC(c2ccccc2)c2ccccc2)c1. The Kier molecular flexibility index (Phi) is 6.06.